The SMILES string of the molecule is COc1ccc(Nc2c(OCc3ccccc3)cc(N3CCC(C)CC3)nc2-c2ccc(C#N)c(F)c2)cc1F. The Morgan fingerprint density at radius 3 is 2.42 bits per heavy atom. The number of anilines is 3. The maximum absolute atomic E-state index is 14.8. The summed E-state index contributed by atoms with van der Waals surface area (Å²) >= 11 is 0. The van der Waals surface area contributed by atoms with E-state index < -0.39 is 11.6 Å². The van der Waals surface area contributed by atoms with Crippen molar-refractivity contribution in [3.63, 3.8) is 0 Å². The first kappa shape index (κ1) is 26.9. The second-order valence-corrected chi connectivity index (χ2v) is 9.93. The van der Waals surface area contributed by atoms with E-state index in [1.165, 1.54) is 31.4 Å². The molecule has 8 heteroatoms. The lowest BCUT2D eigenvalue weighted by Crippen LogP contribution is -2.33. The van der Waals surface area contributed by atoms with Gasteiger partial charge in [0.2, 0.25) is 0 Å². The molecule has 0 aliphatic carbocycles. The number of benzene rings is 3. The number of halogens is 2. The van der Waals surface area contributed by atoms with E-state index >= 15 is 0 Å². The van der Waals surface area contributed by atoms with E-state index in [1.54, 1.807) is 12.1 Å². The van der Waals surface area contributed by atoms with Crippen molar-refractivity contribution in [3.05, 3.63) is 95.6 Å². The molecule has 0 saturated carbocycles. The van der Waals surface area contributed by atoms with Gasteiger partial charge in [0.15, 0.2) is 11.6 Å². The molecule has 1 fully saturated rings. The molecule has 1 aromatic heterocycles. The van der Waals surface area contributed by atoms with E-state index in [9.17, 15) is 14.0 Å². The van der Waals surface area contributed by atoms with Gasteiger partial charge in [-0.15, -0.1) is 0 Å². The van der Waals surface area contributed by atoms with Crippen molar-refractivity contribution >= 4 is 17.2 Å². The number of piperidine rings is 1. The van der Waals surface area contributed by atoms with Crippen LogP contribution in [0.3, 0.4) is 0 Å². The minimum atomic E-state index is -0.646. The Morgan fingerprint density at radius 2 is 1.75 bits per heavy atom. The zero-order chi connectivity index (χ0) is 28.1. The lowest BCUT2D eigenvalue weighted by atomic mass is 9.99. The van der Waals surface area contributed by atoms with Crippen LogP contribution in [-0.4, -0.2) is 25.2 Å². The van der Waals surface area contributed by atoms with E-state index in [4.69, 9.17) is 14.5 Å². The summed E-state index contributed by atoms with van der Waals surface area (Å²) in [5, 5.41) is 12.5. The molecule has 0 amide bonds. The number of nitriles is 1. The molecule has 0 radical (unpaired) electrons. The Hall–Kier alpha value is -4.64. The fraction of sp³-hybridized carbons (Fsp3) is 0.250. The largest absolute Gasteiger partial charge is 0.494 e. The quantitative estimate of drug-likeness (QED) is 0.250. The third kappa shape index (κ3) is 5.99. The maximum Gasteiger partial charge on any atom is 0.167 e. The third-order valence-corrected chi connectivity index (χ3v) is 7.10. The van der Waals surface area contributed by atoms with Crippen LogP contribution in [0.15, 0.2) is 72.8 Å². The molecule has 6 nitrogen and oxygen atoms in total. The molecule has 0 unspecified atom stereocenters. The van der Waals surface area contributed by atoms with Crippen LogP contribution in [-0.2, 0) is 6.61 Å². The Balaban J connectivity index is 1.65. The summed E-state index contributed by atoms with van der Waals surface area (Å²) in [6, 6.07) is 22.4. The number of methoxy groups -OCH3 is 1. The summed E-state index contributed by atoms with van der Waals surface area (Å²) in [6.45, 7) is 4.20. The van der Waals surface area contributed by atoms with Crippen LogP contribution in [0.5, 0.6) is 11.5 Å². The monoisotopic (exact) mass is 540 g/mol. The summed E-state index contributed by atoms with van der Waals surface area (Å²) in [7, 11) is 1.41. The second-order valence-electron chi connectivity index (χ2n) is 9.93. The molecule has 1 aliphatic heterocycles. The van der Waals surface area contributed by atoms with Gasteiger partial charge in [0, 0.05) is 36.5 Å². The zero-order valence-corrected chi connectivity index (χ0v) is 22.5. The predicted molar refractivity (Wildman–Crippen MR) is 152 cm³/mol. The molecule has 0 spiro atoms. The molecule has 2 heterocycles. The highest BCUT2D eigenvalue weighted by molar-refractivity contribution is 5.85. The standard InChI is InChI=1S/C32H30F2N4O2/c1-21-12-14-38(15-13-21)30-18-29(40-20-22-6-4-3-5-7-22)32(36-25-10-11-28(39-2)27(34)17-25)31(37-30)23-8-9-24(19-35)26(33)16-23/h3-11,16-18,21,36H,12-15,20H2,1-2H3. The molecular weight excluding hydrogens is 510 g/mol. The average molecular weight is 541 g/mol. The molecule has 4 aromatic rings. The summed E-state index contributed by atoms with van der Waals surface area (Å²) in [5.41, 5.74) is 2.71. The lowest BCUT2D eigenvalue weighted by molar-refractivity contribution is 0.307. The number of rotatable bonds is 8. The molecule has 3 aromatic carbocycles. The van der Waals surface area contributed by atoms with Gasteiger partial charge < -0.3 is 19.7 Å². The normalized spacial score (nSPS) is 13.5. The van der Waals surface area contributed by atoms with Gasteiger partial charge in [0.1, 0.15) is 41.4 Å². The molecular formula is C32H30F2N4O2. The Bertz CT molecular complexity index is 1530. The molecule has 0 atom stereocenters. The van der Waals surface area contributed by atoms with Gasteiger partial charge in [0.25, 0.3) is 0 Å². The van der Waals surface area contributed by atoms with E-state index in [2.05, 4.69) is 17.1 Å². The first-order valence-electron chi connectivity index (χ1n) is 13.2. The summed E-state index contributed by atoms with van der Waals surface area (Å²) < 4.78 is 40.9. The molecule has 5 rings (SSSR count). The van der Waals surface area contributed by atoms with Crippen LogP contribution < -0.4 is 19.7 Å². The Morgan fingerprint density at radius 1 is 0.975 bits per heavy atom. The van der Waals surface area contributed by atoms with E-state index in [0.717, 1.165) is 31.5 Å². The van der Waals surface area contributed by atoms with Crippen molar-refractivity contribution in [2.75, 3.05) is 30.4 Å². The van der Waals surface area contributed by atoms with Crippen molar-refractivity contribution in [2.24, 2.45) is 5.92 Å². The van der Waals surface area contributed by atoms with Crippen LogP contribution in [0.4, 0.5) is 26.0 Å². The lowest BCUT2D eigenvalue weighted by Gasteiger charge is -2.32. The van der Waals surface area contributed by atoms with Crippen LogP contribution in [0, 0.1) is 28.9 Å². The van der Waals surface area contributed by atoms with E-state index in [1.807, 2.05) is 42.5 Å². The number of aromatic nitrogens is 1. The molecule has 1 saturated heterocycles. The van der Waals surface area contributed by atoms with Crippen LogP contribution >= 0.6 is 0 Å². The van der Waals surface area contributed by atoms with E-state index in [-0.39, 0.29) is 17.9 Å². The Labute approximate surface area is 232 Å². The molecule has 1 N–H and O–H groups in total. The summed E-state index contributed by atoms with van der Waals surface area (Å²) in [4.78, 5) is 7.18. The Kier molecular flexibility index (Phi) is 8.11. The number of hydrogen-bond acceptors (Lipinski definition) is 6. The third-order valence-electron chi connectivity index (χ3n) is 7.10. The minimum absolute atomic E-state index is 0.0581. The highest BCUT2D eigenvalue weighted by Gasteiger charge is 2.23. The number of pyridine rings is 1. The smallest absolute Gasteiger partial charge is 0.167 e. The van der Waals surface area contributed by atoms with Gasteiger partial charge in [-0.3, -0.25) is 0 Å². The van der Waals surface area contributed by atoms with Crippen molar-refractivity contribution in [1.82, 2.24) is 4.98 Å². The molecule has 204 valence electrons. The second kappa shape index (κ2) is 12.0. The van der Waals surface area contributed by atoms with Crippen molar-refractivity contribution < 1.29 is 18.3 Å². The first-order valence-corrected chi connectivity index (χ1v) is 13.2. The van der Waals surface area contributed by atoms with Gasteiger partial charge in [-0.05, 0) is 48.6 Å². The molecule has 1 aliphatic rings. The van der Waals surface area contributed by atoms with Crippen molar-refractivity contribution in [2.45, 2.75) is 26.4 Å². The minimum Gasteiger partial charge on any atom is -0.494 e. The molecule has 0 bridgehead atoms. The maximum atomic E-state index is 14.8. The van der Waals surface area contributed by atoms with Gasteiger partial charge in [-0.2, -0.15) is 5.26 Å². The summed E-state index contributed by atoms with van der Waals surface area (Å²) in [5.74, 6) is 0.769. The number of ether oxygens (including phenoxy) is 2. The van der Waals surface area contributed by atoms with Gasteiger partial charge in [0.05, 0.1) is 12.7 Å². The fourth-order valence-electron chi connectivity index (χ4n) is 4.73. The first-order chi connectivity index (χ1) is 19.4. The van der Waals surface area contributed by atoms with Crippen LogP contribution in [0.25, 0.3) is 11.3 Å². The predicted octanol–water partition coefficient (Wildman–Crippen LogP) is 7.47. The number of nitrogens with one attached hydrogen (secondary N) is 1. The average Bonchev–Trinajstić information content (AvgIpc) is 2.97. The highest BCUT2D eigenvalue weighted by atomic mass is 19.1. The van der Waals surface area contributed by atoms with E-state index in [0.29, 0.717) is 40.1 Å². The van der Waals surface area contributed by atoms with Gasteiger partial charge in [-0.25, -0.2) is 13.8 Å². The number of hydrogen-bond donors (Lipinski definition) is 1. The molecule has 40 heavy (non-hydrogen) atoms. The van der Waals surface area contributed by atoms with Gasteiger partial charge in [-0.1, -0.05) is 43.3 Å². The zero-order valence-electron chi connectivity index (χ0n) is 22.5. The van der Waals surface area contributed by atoms with Crippen LogP contribution in [0.2, 0.25) is 0 Å². The number of nitrogens with zero attached hydrogens (tertiary/aromatic N) is 3. The van der Waals surface area contributed by atoms with Crippen molar-refractivity contribution in [3.8, 4) is 28.8 Å². The van der Waals surface area contributed by atoms with Gasteiger partial charge >= 0.3 is 0 Å². The van der Waals surface area contributed by atoms with Crippen LogP contribution in [0.1, 0.15) is 30.9 Å². The summed E-state index contributed by atoms with van der Waals surface area (Å²) in [6.07, 6.45) is 2.07. The fourth-order valence-corrected chi connectivity index (χ4v) is 4.73. The highest BCUT2D eigenvalue weighted by Crippen LogP contribution is 2.41. The van der Waals surface area contributed by atoms with Crippen molar-refractivity contribution in [1.29, 1.82) is 5.26 Å². The topological polar surface area (TPSA) is 70.4 Å².